The number of amides is 3. The lowest BCUT2D eigenvalue weighted by Crippen LogP contribution is -2.30. The van der Waals surface area contributed by atoms with Crippen molar-refractivity contribution in [2.45, 2.75) is 25.3 Å². The summed E-state index contributed by atoms with van der Waals surface area (Å²) in [7, 11) is 1.50. The fraction of sp³-hybridized carbons (Fsp3) is 0.300. The highest BCUT2D eigenvalue weighted by Gasteiger charge is 2.36. The van der Waals surface area contributed by atoms with Gasteiger partial charge in [-0.25, -0.2) is 14.8 Å². The minimum absolute atomic E-state index is 0.0194. The minimum atomic E-state index is -0.336. The lowest BCUT2D eigenvalue weighted by molar-refractivity contribution is -0.123. The van der Waals surface area contributed by atoms with Gasteiger partial charge in [0.15, 0.2) is 5.65 Å². The van der Waals surface area contributed by atoms with Crippen LogP contribution in [-0.2, 0) is 11.3 Å². The van der Waals surface area contributed by atoms with Crippen LogP contribution in [0.5, 0.6) is 0 Å². The zero-order valence-corrected chi connectivity index (χ0v) is 17.1. The Morgan fingerprint density at radius 1 is 1.27 bits per heavy atom. The molecule has 2 aliphatic rings. The molecule has 0 unspecified atom stereocenters. The molecule has 3 N–H and O–H groups in total. The second-order valence-electron chi connectivity index (χ2n) is 7.67. The number of nitrogens with one attached hydrogen (secondary N) is 1. The smallest absolute Gasteiger partial charge is 0.331 e. The predicted octanol–water partition coefficient (Wildman–Crippen LogP) is 2.85. The molecule has 9 nitrogen and oxygen atoms in total. The number of aromatic nitrogens is 3. The second kappa shape index (κ2) is 6.88. The molecule has 1 saturated carbocycles. The van der Waals surface area contributed by atoms with Crippen LogP contribution < -0.4 is 16.0 Å². The van der Waals surface area contributed by atoms with Gasteiger partial charge in [0.25, 0.3) is 0 Å². The van der Waals surface area contributed by atoms with Crippen molar-refractivity contribution in [3.8, 4) is 0 Å². The van der Waals surface area contributed by atoms with E-state index in [-0.39, 0.29) is 18.5 Å². The van der Waals surface area contributed by atoms with Crippen LogP contribution in [0.3, 0.4) is 0 Å². The summed E-state index contributed by atoms with van der Waals surface area (Å²) in [6.45, 7) is 0.433. The molecule has 3 aromatic heterocycles. The molecule has 0 spiro atoms. The molecule has 30 heavy (non-hydrogen) atoms. The molecule has 154 valence electrons. The van der Waals surface area contributed by atoms with E-state index in [1.165, 1.54) is 18.1 Å². The normalized spacial score (nSPS) is 16.7. The van der Waals surface area contributed by atoms with Crippen LogP contribution in [0.2, 0.25) is 5.15 Å². The van der Waals surface area contributed by atoms with Crippen molar-refractivity contribution in [1.29, 1.82) is 0 Å². The number of hydrogen-bond donors (Lipinski definition) is 2. The molecule has 1 aliphatic carbocycles. The maximum atomic E-state index is 12.6. The van der Waals surface area contributed by atoms with Crippen molar-refractivity contribution >= 4 is 46.2 Å². The Labute approximate surface area is 177 Å². The Balaban J connectivity index is 1.51. The number of imide groups is 1. The summed E-state index contributed by atoms with van der Waals surface area (Å²) in [4.78, 5) is 36.0. The van der Waals surface area contributed by atoms with Gasteiger partial charge in [-0.3, -0.25) is 14.6 Å². The molecule has 1 aliphatic heterocycles. The highest BCUT2D eigenvalue weighted by molar-refractivity contribution is 6.29. The standard InChI is InChI=1S/C20H20ClN7O2/c1-26-18(29)10-28(20(26)30)16-4-12(11-2-3-11)8-27-9-13(25-19(16)27)6-23-15-5-17(21)24-7-14(15)22/h4-5,7-9,11H,2-3,6,10,22H2,1H3,(H,23,24). The Morgan fingerprint density at radius 3 is 2.77 bits per heavy atom. The van der Waals surface area contributed by atoms with E-state index in [2.05, 4.69) is 16.5 Å². The lowest BCUT2D eigenvalue weighted by Gasteiger charge is -2.17. The van der Waals surface area contributed by atoms with Crippen molar-refractivity contribution in [2.24, 2.45) is 0 Å². The van der Waals surface area contributed by atoms with Gasteiger partial charge in [0.2, 0.25) is 5.91 Å². The first-order valence-corrected chi connectivity index (χ1v) is 10.0. The van der Waals surface area contributed by atoms with E-state index in [0.717, 1.165) is 29.0 Å². The van der Waals surface area contributed by atoms with Gasteiger partial charge in [-0.05, 0) is 30.4 Å². The Morgan fingerprint density at radius 2 is 2.07 bits per heavy atom. The van der Waals surface area contributed by atoms with Crippen molar-refractivity contribution in [3.63, 3.8) is 0 Å². The third-order valence-corrected chi connectivity index (χ3v) is 5.70. The molecular formula is C20H20ClN7O2. The summed E-state index contributed by atoms with van der Waals surface area (Å²) >= 11 is 5.95. The summed E-state index contributed by atoms with van der Waals surface area (Å²) in [6.07, 6.45) is 7.73. The van der Waals surface area contributed by atoms with Crippen LogP contribution in [0, 0.1) is 0 Å². The number of nitrogens with two attached hydrogens (primary N) is 1. The van der Waals surface area contributed by atoms with Gasteiger partial charge in [0.05, 0.1) is 35.5 Å². The quantitative estimate of drug-likeness (QED) is 0.480. The molecule has 10 heteroatoms. The Bertz CT molecular complexity index is 1190. The topological polar surface area (TPSA) is 109 Å². The van der Waals surface area contributed by atoms with Crippen LogP contribution in [0.25, 0.3) is 5.65 Å². The first-order valence-electron chi connectivity index (χ1n) is 9.65. The van der Waals surface area contributed by atoms with Crippen LogP contribution >= 0.6 is 11.6 Å². The molecule has 2 fully saturated rings. The highest BCUT2D eigenvalue weighted by Crippen LogP contribution is 2.42. The molecule has 5 rings (SSSR count). The van der Waals surface area contributed by atoms with Crippen LogP contribution in [0.15, 0.2) is 30.7 Å². The van der Waals surface area contributed by atoms with Gasteiger partial charge in [-0.15, -0.1) is 0 Å². The van der Waals surface area contributed by atoms with E-state index in [1.54, 1.807) is 6.07 Å². The fourth-order valence-corrected chi connectivity index (χ4v) is 3.80. The summed E-state index contributed by atoms with van der Waals surface area (Å²) in [6, 6.07) is 3.31. The van der Waals surface area contributed by atoms with Gasteiger partial charge in [0, 0.05) is 25.5 Å². The number of hydrogen-bond acceptors (Lipinski definition) is 6. The lowest BCUT2D eigenvalue weighted by atomic mass is 10.1. The predicted molar refractivity (Wildman–Crippen MR) is 114 cm³/mol. The molecule has 0 radical (unpaired) electrons. The first-order chi connectivity index (χ1) is 14.4. The number of anilines is 3. The van der Waals surface area contributed by atoms with Gasteiger partial charge >= 0.3 is 6.03 Å². The Kier molecular flexibility index (Phi) is 4.28. The van der Waals surface area contributed by atoms with Gasteiger partial charge < -0.3 is 15.5 Å². The molecule has 0 bridgehead atoms. The van der Waals surface area contributed by atoms with Gasteiger partial charge in [0.1, 0.15) is 11.7 Å². The fourth-order valence-electron chi connectivity index (χ4n) is 3.64. The molecule has 3 amide bonds. The largest absolute Gasteiger partial charge is 0.396 e. The average molecular weight is 426 g/mol. The van der Waals surface area contributed by atoms with Crippen LogP contribution in [0.1, 0.15) is 30.0 Å². The SMILES string of the molecule is CN1C(=O)CN(c2cc(C3CC3)cn3cc(CNc4cc(Cl)ncc4N)nc23)C1=O. The highest BCUT2D eigenvalue weighted by atomic mass is 35.5. The molecule has 0 atom stereocenters. The number of imidazole rings is 1. The number of halogens is 1. The van der Waals surface area contributed by atoms with E-state index in [4.69, 9.17) is 22.3 Å². The maximum Gasteiger partial charge on any atom is 0.331 e. The summed E-state index contributed by atoms with van der Waals surface area (Å²) in [5.41, 5.74) is 10.3. The number of nitrogen functional groups attached to an aromatic ring is 1. The summed E-state index contributed by atoms with van der Waals surface area (Å²) < 4.78 is 1.93. The summed E-state index contributed by atoms with van der Waals surface area (Å²) in [5.74, 6) is 0.260. The number of nitrogens with zero attached hydrogens (tertiary/aromatic N) is 5. The minimum Gasteiger partial charge on any atom is -0.396 e. The molecular weight excluding hydrogens is 406 g/mol. The zero-order valence-electron chi connectivity index (χ0n) is 16.3. The van der Waals surface area contributed by atoms with E-state index >= 15 is 0 Å². The molecule has 4 heterocycles. The monoisotopic (exact) mass is 425 g/mol. The molecule has 1 saturated heterocycles. The number of carbonyl (C=O) groups excluding carboxylic acids is 2. The molecule has 3 aromatic rings. The third kappa shape index (κ3) is 3.21. The number of rotatable bonds is 5. The first kappa shape index (κ1) is 18.7. The number of urea groups is 1. The van der Waals surface area contributed by atoms with Crippen LogP contribution in [0.4, 0.5) is 21.9 Å². The van der Waals surface area contributed by atoms with Gasteiger partial charge in [-0.1, -0.05) is 11.6 Å². The third-order valence-electron chi connectivity index (χ3n) is 5.49. The summed E-state index contributed by atoms with van der Waals surface area (Å²) in [5, 5.41) is 3.57. The maximum absolute atomic E-state index is 12.6. The van der Waals surface area contributed by atoms with Crippen molar-refractivity contribution in [2.75, 3.05) is 29.5 Å². The van der Waals surface area contributed by atoms with E-state index < -0.39 is 0 Å². The van der Waals surface area contributed by atoms with Gasteiger partial charge in [-0.2, -0.15) is 0 Å². The van der Waals surface area contributed by atoms with Crippen molar-refractivity contribution in [3.05, 3.63) is 47.1 Å². The van der Waals surface area contributed by atoms with E-state index in [9.17, 15) is 9.59 Å². The second-order valence-corrected chi connectivity index (χ2v) is 8.05. The number of likely N-dealkylation sites (N-methyl/N-ethyl adjacent to an activating group) is 1. The number of fused-ring (bicyclic) bond motifs is 1. The average Bonchev–Trinajstić information content (AvgIpc) is 3.45. The van der Waals surface area contributed by atoms with E-state index in [1.807, 2.05) is 16.7 Å². The number of carbonyl (C=O) groups is 2. The zero-order chi connectivity index (χ0) is 21.0. The van der Waals surface area contributed by atoms with Crippen molar-refractivity contribution < 1.29 is 9.59 Å². The Hall–Kier alpha value is -3.33. The molecule has 0 aromatic carbocycles. The van der Waals surface area contributed by atoms with E-state index in [0.29, 0.717) is 40.3 Å². The number of pyridine rings is 2. The van der Waals surface area contributed by atoms with Crippen LogP contribution in [-0.4, -0.2) is 44.8 Å². The van der Waals surface area contributed by atoms with Crippen molar-refractivity contribution in [1.82, 2.24) is 19.3 Å².